The van der Waals surface area contributed by atoms with Crippen molar-refractivity contribution < 1.29 is 17.6 Å². The molecule has 0 saturated heterocycles. The van der Waals surface area contributed by atoms with E-state index in [0.717, 1.165) is 0 Å². The van der Waals surface area contributed by atoms with E-state index < -0.39 is 16.5 Å². The number of hydrogen-bond donors (Lipinski definition) is 0. The molecule has 0 rings (SSSR count). The predicted octanol–water partition coefficient (Wildman–Crippen LogP) is 3.92. The first-order chi connectivity index (χ1) is 4.91. The van der Waals surface area contributed by atoms with Gasteiger partial charge in [0, 0.05) is 0 Å². The van der Waals surface area contributed by atoms with Gasteiger partial charge < -0.3 is 0 Å². The SMILES string of the molecule is CCCC(F)(Br)C(F)=C(F)F. The molecule has 0 aromatic rings. The molecule has 0 N–H and O–H groups in total. The molecule has 0 nitrogen and oxygen atoms in total. The maximum Gasteiger partial charge on any atom is 0.305 e. The zero-order chi connectivity index (χ0) is 9.07. The summed E-state index contributed by atoms with van der Waals surface area (Å²) in [6.45, 7) is 1.57. The van der Waals surface area contributed by atoms with Crippen LogP contribution in [0.25, 0.3) is 0 Å². The highest BCUT2D eigenvalue weighted by molar-refractivity contribution is 9.10. The van der Waals surface area contributed by atoms with E-state index >= 15 is 0 Å². The van der Waals surface area contributed by atoms with E-state index in [4.69, 9.17) is 0 Å². The topological polar surface area (TPSA) is 0 Å². The van der Waals surface area contributed by atoms with Crippen molar-refractivity contribution in [3.8, 4) is 0 Å². The van der Waals surface area contributed by atoms with Gasteiger partial charge in [0.25, 0.3) is 0 Å². The third-order valence-electron chi connectivity index (χ3n) is 1.05. The summed E-state index contributed by atoms with van der Waals surface area (Å²) in [6.07, 6.45) is -2.64. The summed E-state index contributed by atoms with van der Waals surface area (Å²) in [5.74, 6) is -2.03. The maximum absolute atomic E-state index is 12.7. The molecule has 0 aliphatic heterocycles. The van der Waals surface area contributed by atoms with E-state index in [2.05, 4.69) is 15.9 Å². The normalized spacial score (nSPS) is 15.8. The first-order valence-electron chi connectivity index (χ1n) is 3.01. The van der Waals surface area contributed by atoms with E-state index in [1.165, 1.54) is 0 Å². The van der Waals surface area contributed by atoms with Gasteiger partial charge in [-0.3, -0.25) is 0 Å². The average Bonchev–Trinajstić information content (AvgIpc) is 1.86. The molecule has 11 heavy (non-hydrogen) atoms. The van der Waals surface area contributed by atoms with Crippen LogP contribution >= 0.6 is 15.9 Å². The Bertz CT molecular complexity index is 160. The monoisotopic (exact) mass is 234 g/mol. The van der Waals surface area contributed by atoms with Gasteiger partial charge in [-0.2, -0.15) is 8.78 Å². The summed E-state index contributed by atoms with van der Waals surface area (Å²) < 4.78 is 45.2. The Balaban J connectivity index is 4.42. The molecule has 66 valence electrons. The van der Waals surface area contributed by atoms with Crippen molar-refractivity contribution in [3.63, 3.8) is 0 Å². The molecule has 0 aromatic carbocycles. The standard InChI is InChI=1S/C6H7BrF4/c1-2-3-6(7,11)4(8)5(9)10/h2-3H2,1H3. The van der Waals surface area contributed by atoms with Crippen LogP contribution in [0.1, 0.15) is 19.8 Å². The zero-order valence-corrected chi connectivity index (χ0v) is 7.39. The minimum Gasteiger partial charge on any atom is -0.223 e. The molecular weight excluding hydrogens is 228 g/mol. The summed E-state index contributed by atoms with van der Waals surface area (Å²) in [7, 11) is 0. The second-order valence-corrected chi connectivity index (χ2v) is 3.29. The first-order valence-corrected chi connectivity index (χ1v) is 3.80. The maximum atomic E-state index is 12.7. The first kappa shape index (κ1) is 10.9. The minimum absolute atomic E-state index is 0.280. The fourth-order valence-electron chi connectivity index (χ4n) is 0.562. The lowest BCUT2D eigenvalue weighted by Gasteiger charge is -2.13. The molecule has 0 spiro atoms. The van der Waals surface area contributed by atoms with Gasteiger partial charge in [0.1, 0.15) is 0 Å². The highest BCUT2D eigenvalue weighted by Gasteiger charge is 2.34. The van der Waals surface area contributed by atoms with E-state index in [-0.39, 0.29) is 12.8 Å². The minimum atomic E-state index is -2.69. The van der Waals surface area contributed by atoms with Crippen LogP contribution < -0.4 is 0 Å². The molecule has 0 aliphatic carbocycles. The second-order valence-electron chi connectivity index (χ2n) is 2.03. The van der Waals surface area contributed by atoms with Gasteiger partial charge in [0.05, 0.1) is 0 Å². The molecule has 0 fully saturated rings. The van der Waals surface area contributed by atoms with Crippen LogP contribution in [-0.2, 0) is 0 Å². The number of alkyl halides is 2. The predicted molar refractivity (Wildman–Crippen MR) is 38.0 cm³/mol. The van der Waals surface area contributed by atoms with Crippen LogP contribution in [0.4, 0.5) is 17.6 Å². The molecule has 0 amide bonds. The Morgan fingerprint density at radius 2 is 1.82 bits per heavy atom. The van der Waals surface area contributed by atoms with Crippen molar-refractivity contribution in [3.05, 3.63) is 11.9 Å². The Morgan fingerprint density at radius 3 is 2.09 bits per heavy atom. The van der Waals surface area contributed by atoms with Crippen LogP contribution in [0.15, 0.2) is 11.9 Å². The molecule has 5 heteroatoms. The lowest BCUT2D eigenvalue weighted by atomic mass is 10.2. The molecule has 0 bridgehead atoms. The molecule has 0 saturated carbocycles. The summed E-state index contributed by atoms with van der Waals surface area (Å²) in [4.78, 5) is 0. The van der Waals surface area contributed by atoms with Gasteiger partial charge in [0.15, 0.2) is 0 Å². The number of halogens is 5. The van der Waals surface area contributed by atoms with Crippen molar-refractivity contribution in [2.45, 2.75) is 24.3 Å². The van der Waals surface area contributed by atoms with Gasteiger partial charge in [-0.25, -0.2) is 8.78 Å². The van der Waals surface area contributed by atoms with E-state index in [1.807, 2.05) is 0 Å². The quantitative estimate of drug-likeness (QED) is 0.513. The van der Waals surface area contributed by atoms with Crippen LogP contribution in [0.5, 0.6) is 0 Å². The summed E-state index contributed by atoms with van der Waals surface area (Å²) >= 11 is 2.23. The Hall–Kier alpha value is -0.0600. The number of rotatable bonds is 3. The van der Waals surface area contributed by atoms with E-state index in [9.17, 15) is 17.6 Å². The number of hydrogen-bond acceptors (Lipinski definition) is 0. The number of allylic oxidation sites excluding steroid dienone is 1. The molecule has 1 atom stereocenters. The van der Waals surface area contributed by atoms with Gasteiger partial charge >= 0.3 is 6.08 Å². The summed E-state index contributed by atoms with van der Waals surface area (Å²) in [5.41, 5.74) is 0. The van der Waals surface area contributed by atoms with Crippen LogP contribution in [0, 0.1) is 0 Å². The van der Waals surface area contributed by atoms with Gasteiger partial charge in [-0.15, -0.1) is 0 Å². The molecule has 0 heterocycles. The van der Waals surface area contributed by atoms with Gasteiger partial charge in [-0.1, -0.05) is 13.3 Å². The molecule has 0 aliphatic rings. The van der Waals surface area contributed by atoms with Crippen LogP contribution in [0.2, 0.25) is 0 Å². The van der Waals surface area contributed by atoms with Crippen molar-refractivity contribution >= 4 is 15.9 Å². The fraction of sp³-hybridized carbons (Fsp3) is 0.667. The van der Waals surface area contributed by atoms with Gasteiger partial charge in [0.2, 0.25) is 10.4 Å². The zero-order valence-electron chi connectivity index (χ0n) is 5.80. The van der Waals surface area contributed by atoms with Crippen LogP contribution in [-0.4, -0.2) is 4.58 Å². The van der Waals surface area contributed by atoms with Crippen molar-refractivity contribution in [2.24, 2.45) is 0 Å². The third kappa shape index (κ3) is 3.22. The third-order valence-corrected chi connectivity index (χ3v) is 1.80. The molecular formula is C6H7BrF4. The Kier molecular flexibility index (Phi) is 4.07. The highest BCUT2D eigenvalue weighted by Crippen LogP contribution is 2.37. The van der Waals surface area contributed by atoms with E-state index in [0.29, 0.717) is 0 Å². The molecule has 0 radical (unpaired) electrons. The molecule has 1 unspecified atom stereocenters. The van der Waals surface area contributed by atoms with Crippen molar-refractivity contribution in [1.29, 1.82) is 0 Å². The largest absolute Gasteiger partial charge is 0.305 e. The second kappa shape index (κ2) is 4.09. The van der Waals surface area contributed by atoms with Crippen molar-refractivity contribution in [1.82, 2.24) is 0 Å². The highest BCUT2D eigenvalue weighted by atomic mass is 79.9. The Morgan fingerprint density at radius 1 is 1.36 bits per heavy atom. The van der Waals surface area contributed by atoms with Gasteiger partial charge in [-0.05, 0) is 22.4 Å². The smallest absolute Gasteiger partial charge is 0.223 e. The molecule has 0 aromatic heterocycles. The lowest BCUT2D eigenvalue weighted by Crippen LogP contribution is -2.14. The van der Waals surface area contributed by atoms with E-state index in [1.54, 1.807) is 6.92 Å². The summed E-state index contributed by atoms with van der Waals surface area (Å²) in [5, 5.41) is 0. The average molecular weight is 235 g/mol. The van der Waals surface area contributed by atoms with Crippen molar-refractivity contribution in [2.75, 3.05) is 0 Å². The van der Waals surface area contributed by atoms with Crippen LogP contribution in [0.3, 0.4) is 0 Å². The lowest BCUT2D eigenvalue weighted by molar-refractivity contribution is 0.245. The Labute approximate surface area is 70.4 Å². The summed E-state index contributed by atoms with van der Waals surface area (Å²) in [6, 6.07) is 0. The fourth-order valence-corrected chi connectivity index (χ4v) is 1.11.